The molecule has 0 atom stereocenters. The number of rotatable bonds is 5. The molecule has 0 spiro atoms. The summed E-state index contributed by atoms with van der Waals surface area (Å²) < 4.78 is 4.93. The lowest BCUT2D eigenvalue weighted by Gasteiger charge is -2.24. The minimum absolute atomic E-state index is 0.0280. The summed E-state index contributed by atoms with van der Waals surface area (Å²) in [4.78, 5) is 25.4. The Balaban J connectivity index is 1.95. The molecule has 0 aliphatic heterocycles. The molecule has 0 aromatic heterocycles. The molecule has 158 valence electrons. The van der Waals surface area contributed by atoms with Gasteiger partial charge < -0.3 is 16.2 Å². The lowest BCUT2D eigenvalue weighted by atomic mass is 9.79. The van der Waals surface area contributed by atoms with Crippen LogP contribution in [-0.2, 0) is 14.3 Å². The Morgan fingerprint density at radius 1 is 0.871 bits per heavy atom. The number of esters is 1. The van der Waals surface area contributed by atoms with Crippen molar-refractivity contribution in [1.82, 2.24) is 0 Å². The van der Waals surface area contributed by atoms with E-state index < -0.39 is 5.92 Å². The first-order valence-electron chi connectivity index (χ1n) is 9.71. The molecule has 1 aliphatic rings. The lowest BCUT2D eigenvalue weighted by Crippen LogP contribution is -2.26. The first-order valence-corrected chi connectivity index (χ1v) is 9.71. The molecule has 0 unspecified atom stereocenters. The number of carbonyl (C=O) groups excluding carboxylic acids is 2. The molecular formula is C24H24N4O3. The number of nitrogens with one attached hydrogen (secondary N) is 2. The summed E-state index contributed by atoms with van der Waals surface area (Å²) in [5.41, 5.74) is 14.8. The number of carbonyl (C=O) groups is 2. The largest absolute Gasteiger partial charge is 0.469 e. The Labute approximate surface area is 180 Å². The third kappa shape index (κ3) is 5.14. The topological polar surface area (TPSA) is 143 Å². The summed E-state index contributed by atoms with van der Waals surface area (Å²) in [5, 5.41) is 15.0. The highest BCUT2D eigenvalue weighted by Gasteiger charge is 2.32. The van der Waals surface area contributed by atoms with Gasteiger partial charge in [-0.1, -0.05) is 48.5 Å². The van der Waals surface area contributed by atoms with Crippen molar-refractivity contribution in [1.29, 1.82) is 10.8 Å². The zero-order valence-corrected chi connectivity index (χ0v) is 17.1. The van der Waals surface area contributed by atoms with Crippen molar-refractivity contribution in [2.24, 2.45) is 17.4 Å². The zero-order valence-electron chi connectivity index (χ0n) is 17.1. The van der Waals surface area contributed by atoms with Gasteiger partial charge in [-0.2, -0.15) is 0 Å². The molecule has 1 fully saturated rings. The van der Waals surface area contributed by atoms with E-state index >= 15 is 0 Å². The normalized spacial score (nSPS) is 18.7. The predicted octanol–water partition coefficient (Wildman–Crippen LogP) is 2.87. The van der Waals surface area contributed by atoms with Crippen LogP contribution in [0.5, 0.6) is 0 Å². The van der Waals surface area contributed by atoms with Crippen molar-refractivity contribution in [2.75, 3.05) is 7.11 Å². The molecule has 2 aromatic rings. The first kappa shape index (κ1) is 21.7. The molecule has 0 radical (unpaired) electrons. The molecule has 2 aromatic carbocycles. The summed E-state index contributed by atoms with van der Waals surface area (Å²) in [6.07, 6.45) is 4.10. The Hall–Kier alpha value is -4.00. The van der Waals surface area contributed by atoms with E-state index in [4.69, 9.17) is 27.0 Å². The van der Waals surface area contributed by atoms with Crippen LogP contribution in [-0.4, -0.2) is 30.5 Å². The standard InChI is InChI=1S/C24H24N4O3/c1-31-24(30)20-12-18(10-14-2-6-16(7-3-14)22(25)26)21(29)19(13-20)11-15-4-8-17(9-5-15)23(27)28/h2-11,20H,12-13H2,1H3,(H3,25,26)(H3,27,28)/b18-10+,19-11+. The summed E-state index contributed by atoms with van der Waals surface area (Å²) in [5.74, 6) is -0.984. The minimum Gasteiger partial charge on any atom is -0.469 e. The molecule has 0 saturated heterocycles. The van der Waals surface area contributed by atoms with Gasteiger partial charge in [-0.3, -0.25) is 20.4 Å². The number of allylic oxidation sites excluding steroid dienone is 2. The first-order chi connectivity index (χ1) is 14.8. The molecule has 7 heteroatoms. The Morgan fingerprint density at radius 3 is 1.58 bits per heavy atom. The highest BCUT2D eigenvalue weighted by molar-refractivity contribution is 6.15. The van der Waals surface area contributed by atoms with Crippen LogP contribution in [0.4, 0.5) is 0 Å². The highest BCUT2D eigenvalue weighted by atomic mass is 16.5. The van der Waals surface area contributed by atoms with Crippen molar-refractivity contribution in [2.45, 2.75) is 12.8 Å². The number of hydrogen-bond donors (Lipinski definition) is 4. The van der Waals surface area contributed by atoms with Gasteiger partial charge >= 0.3 is 5.97 Å². The second kappa shape index (κ2) is 9.21. The van der Waals surface area contributed by atoms with E-state index in [1.807, 2.05) is 0 Å². The van der Waals surface area contributed by atoms with Gasteiger partial charge in [-0.05, 0) is 36.1 Å². The van der Waals surface area contributed by atoms with Crippen LogP contribution < -0.4 is 11.5 Å². The molecule has 0 amide bonds. The van der Waals surface area contributed by atoms with E-state index in [-0.39, 0.29) is 23.4 Å². The fourth-order valence-corrected chi connectivity index (χ4v) is 3.50. The van der Waals surface area contributed by atoms with E-state index in [0.29, 0.717) is 35.1 Å². The fraction of sp³-hybridized carbons (Fsp3) is 0.167. The number of hydrogen-bond acceptors (Lipinski definition) is 5. The van der Waals surface area contributed by atoms with Gasteiger partial charge in [-0.15, -0.1) is 0 Å². The fourth-order valence-electron chi connectivity index (χ4n) is 3.50. The average molecular weight is 416 g/mol. The number of nitrogens with two attached hydrogens (primary N) is 2. The molecule has 0 heterocycles. The Morgan fingerprint density at radius 2 is 1.26 bits per heavy atom. The highest BCUT2D eigenvalue weighted by Crippen LogP contribution is 2.33. The van der Waals surface area contributed by atoms with Crippen LogP contribution in [0.1, 0.15) is 35.1 Å². The van der Waals surface area contributed by atoms with Crippen LogP contribution in [0.15, 0.2) is 59.7 Å². The van der Waals surface area contributed by atoms with Crippen molar-refractivity contribution < 1.29 is 14.3 Å². The second-order valence-corrected chi connectivity index (χ2v) is 7.37. The number of ether oxygens (including phenoxy) is 1. The van der Waals surface area contributed by atoms with Gasteiger partial charge in [0.05, 0.1) is 13.0 Å². The van der Waals surface area contributed by atoms with E-state index in [1.54, 1.807) is 60.7 Å². The monoisotopic (exact) mass is 416 g/mol. The van der Waals surface area contributed by atoms with Crippen LogP contribution in [0.2, 0.25) is 0 Å². The number of nitrogen functional groups attached to an aromatic ring is 2. The number of ketones is 1. The predicted molar refractivity (Wildman–Crippen MR) is 121 cm³/mol. The molecule has 7 nitrogen and oxygen atoms in total. The number of amidine groups is 2. The Bertz CT molecular complexity index is 1020. The van der Waals surface area contributed by atoms with E-state index in [1.165, 1.54) is 7.11 Å². The van der Waals surface area contributed by atoms with Crippen LogP contribution in [0.3, 0.4) is 0 Å². The van der Waals surface area contributed by atoms with Crippen molar-refractivity contribution in [3.63, 3.8) is 0 Å². The van der Waals surface area contributed by atoms with Crippen molar-refractivity contribution >= 4 is 35.6 Å². The molecule has 1 aliphatic carbocycles. The maximum Gasteiger partial charge on any atom is 0.309 e. The average Bonchev–Trinajstić information content (AvgIpc) is 2.76. The number of Topliss-reactive ketones (excluding diaryl/α,β-unsaturated/α-hetero) is 1. The van der Waals surface area contributed by atoms with Crippen molar-refractivity contribution in [3.05, 3.63) is 81.9 Å². The summed E-state index contributed by atoms with van der Waals surface area (Å²) >= 11 is 0. The molecular weight excluding hydrogens is 392 g/mol. The van der Waals surface area contributed by atoms with E-state index in [0.717, 1.165) is 11.1 Å². The number of methoxy groups -OCH3 is 1. The summed E-state index contributed by atoms with van der Waals surface area (Å²) in [6, 6.07) is 14.0. The van der Waals surface area contributed by atoms with Gasteiger partial charge in [-0.25, -0.2) is 0 Å². The molecule has 31 heavy (non-hydrogen) atoms. The molecule has 6 N–H and O–H groups in total. The van der Waals surface area contributed by atoms with Crippen LogP contribution in [0, 0.1) is 16.7 Å². The van der Waals surface area contributed by atoms with E-state index in [9.17, 15) is 9.59 Å². The maximum atomic E-state index is 13.1. The quantitative estimate of drug-likeness (QED) is 0.256. The van der Waals surface area contributed by atoms with Crippen molar-refractivity contribution in [3.8, 4) is 0 Å². The van der Waals surface area contributed by atoms with Crippen LogP contribution >= 0.6 is 0 Å². The Kier molecular flexibility index (Phi) is 6.45. The van der Waals surface area contributed by atoms with Gasteiger partial charge in [0, 0.05) is 22.3 Å². The summed E-state index contributed by atoms with van der Waals surface area (Å²) in [7, 11) is 1.34. The molecule has 0 bridgehead atoms. The molecule has 1 saturated carbocycles. The smallest absolute Gasteiger partial charge is 0.309 e. The third-order valence-electron chi connectivity index (χ3n) is 5.18. The maximum absolute atomic E-state index is 13.1. The lowest BCUT2D eigenvalue weighted by molar-refractivity contribution is -0.145. The van der Waals surface area contributed by atoms with E-state index in [2.05, 4.69) is 0 Å². The number of benzene rings is 2. The van der Waals surface area contributed by atoms with Gasteiger partial charge in [0.15, 0.2) is 5.78 Å². The minimum atomic E-state index is -0.451. The van der Waals surface area contributed by atoms with Gasteiger partial charge in [0.25, 0.3) is 0 Å². The summed E-state index contributed by atoms with van der Waals surface area (Å²) in [6.45, 7) is 0. The van der Waals surface area contributed by atoms with Gasteiger partial charge in [0.1, 0.15) is 11.7 Å². The second-order valence-electron chi connectivity index (χ2n) is 7.37. The van der Waals surface area contributed by atoms with Crippen LogP contribution in [0.25, 0.3) is 12.2 Å². The van der Waals surface area contributed by atoms with Gasteiger partial charge in [0.2, 0.25) is 0 Å². The molecule has 3 rings (SSSR count). The third-order valence-corrected chi connectivity index (χ3v) is 5.18. The SMILES string of the molecule is COC(=O)C1C/C(=C\c2ccc(C(=N)N)cc2)C(=O)/C(=C/c2ccc(C(=N)N)cc2)C1. The zero-order chi connectivity index (χ0) is 22.5.